The molecular weight excluding hydrogens is 355 g/mol. The Labute approximate surface area is 164 Å². The maximum Gasteiger partial charge on any atom is 0.220 e. The number of imidazole rings is 1. The fraction of sp³-hybridized carbons (Fsp3) is 0.364. The van der Waals surface area contributed by atoms with E-state index in [0.29, 0.717) is 18.9 Å². The first-order valence-corrected chi connectivity index (χ1v) is 9.84. The molecule has 3 aromatic rings. The number of para-hydroxylation sites is 2. The molecule has 28 heavy (non-hydrogen) atoms. The third-order valence-corrected chi connectivity index (χ3v) is 5.46. The van der Waals surface area contributed by atoms with Crippen LogP contribution in [-0.4, -0.2) is 28.5 Å². The van der Waals surface area contributed by atoms with Crippen LogP contribution in [0, 0.1) is 11.7 Å². The highest BCUT2D eigenvalue weighted by atomic mass is 19.1. The number of nitrogens with zero attached hydrogens (tertiary/aromatic N) is 2. The Hall–Kier alpha value is -2.73. The first-order chi connectivity index (χ1) is 13.7. The number of fused-ring (bicyclic) bond motifs is 1. The molecule has 2 aromatic carbocycles. The number of nitrogens with one attached hydrogen (secondary N) is 2. The molecule has 1 saturated heterocycles. The van der Waals surface area contributed by atoms with Crippen LogP contribution in [0.1, 0.15) is 30.9 Å². The molecule has 5 nitrogen and oxygen atoms in total. The van der Waals surface area contributed by atoms with E-state index in [1.54, 1.807) is 18.5 Å². The van der Waals surface area contributed by atoms with Gasteiger partial charge < -0.3 is 15.2 Å². The van der Waals surface area contributed by atoms with Gasteiger partial charge in [-0.05, 0) is 61.7 Å². The van der Waals surface area contributed by atoms with E-state index in [2.05, 4.69) is 15.6 Å². The molecule has 0 radical (unpaired) electrons. The molecule has 0 aliphatic carbocycles. The number of carbonyl (C=O) groups excluding carboxylic acids is 1. The lowest BCUT2D eigenvalue weighted by Crippen LogP contribution is -2.31. The van der Waals surface area contributed by atoms with Crippen LogP contribution >= 0.6 is 0 Å². The van der Waals surface area contributed by atoms with Crippen LogP contribution in [0.3, 0.4) is 0 Å². The van der Waals surface area contributed by atoms with Gasteiger partial charge in [-0.25, -0.2) is 9.37 Å². The van der Waals surface area contributed by atoms with E-state index in [4.69, 9.17) is 0 Å². The number of benzene rings is 2. The lowest BCUT2D eigenvalue weighted by atomic mass is 10.0. The standard InChI is InChI=1S/C22H25FN4O/c23-18-8-6-17(7-9-18)20(26-22(28)10-5-16-11-12-24-13-16)14-27-15-25-19-3-1-2-4-21(19)27/h1-4,6-9,15-16,20,24H,5,10-14H2,(H,26,28). The number of hydrogen-bond acceptors (Lipinski definition) is 3. The minimum Gasteiger partial charge on any atom is -0.347 e. The summed E-state index contributed by atoms with van der Waals surface area (Å²) in [5, 5.41) is 6.49. The first-order valence-electron chi connectivity index (χ1n) is 9.84. The highest BCUT2D eigenvalue weighted by Gasteiger charge is 2.19. The quantitative estimate of drug-likeness (QED) is 0.660. The molecule has 1 aromatic heterocycles. The van der Waals surface area contributed by atoms with Gasteiger partial charge in [0.05, 0.1) is 23.4 Å². The number of rotatable bonds is 7. The summed E-state index contributed by atoms with van der Waals surface area (Å²) in [5.41, 5.74) is 2.82. The van der Waals surface area contributed by atoms with Crippen molar-refractivity contribution < 1.29 is 9.18 Å². The smallest absolute Gasteiger partial charge is 0.220 e. The Balaban J connectivity index is 1.50. The van der Waals surface area contributed by atoms with Gasteiger partial charge in [-0.15, -0.1) is 0 Å². The summed E-state index contributed by atoms with van der Waals surface area (Å²) in [6.07, 6.45) is 4.32. The average Bonchev–Trinajstić information content (AvgIpc) is 3.37. The maximum atomic E-state index is 13.4. The molecule has 4 rings (SSSR count). The third-order valence-electron chi connectivity index (χ3n) is 5.46. The van der Waals surface area contributed by atoms with E-state index in [1.165, 1.54) is 12.1 Å². The topological polar surface area (TPSA) is 59.0 Å². The molecule has 0 saturated carbocycles. The van der Waals surface area contributed by atoms with Crippen molar-refractivity contribution in [1.82, 2.24) is 20.2 Å². The van der Waals surface area contributed by atoms with Crippen LogP contribution in [0.4, 0.5) is 4.39 Å². The van der Waals surface area contributed by atoms with E-state index in [-0.39, 0.29) is 17.8 Å². The lowest BCUT2D eigenvalue weighted by molar-refractivity contribution is -0.122. The van der Waals surface area contributed by atoms with Crippen molar-refractivity contribution >= 4 is 16.9 Å². The summed E-state index contributed by atoms with van der Waals surface area (Å²) in [6, 6.07) is 14.0. The Morgan fingerprint density at radius 2 is 2.07 bits per heavy atom. The van der Waals surface area contributed by atoms with Gasteiger partial charge in [-0.2, -0.15) is 0 Å². The van der Waals surface area contributed by atoms with Crippen molar-refractivity contribution in [1.29, 1.82) is 0 Å². The van der Waals surface area contributed by atoms with Gasteiger partial charge in [0.1, 0.15) is 5.82 Å². The first kappa shape index (κ1) is 18.6. The normalized spacial score (nSPS) is 17.7. The van der Waals surface area contributed by atoms with Crippen molar-refractivity contribution in [2.75, 3.05) is 13.1 Å². The number of halogens is 1. The molecule has 0 spiro atoms. The third kappa shape index (κ3) is 4.39. The SMILES string of the molecule is O=C(CCC1CCNC1)NC(Cn1cnc2ccccc21)c1ccc(F)cc1. The predicted octanol–water partition coefficient (Wildman–Crippen LogP) is 3.42. The molecule has 146 valence electrons. The highest BCUT2D eigenvalue weighted by molar-refractivity contribution is 5.77. The van der Waals surface area contributed by atoms with E-state index in [9.17, 15) is 9.18 Å². The van der Waals surface area contributed by atoms with Gasteiger partial charge in [0.25, 0.3) is 0 Å². The molecule has 2 unspecified atom stereocenters. The lowest BCUT2D eigenvalue weighted by Gasteiger charge is -2.21. The van der Waals surface area contributed by atoms with Crippen molar-refractivity contribution in [2.45, 2.75) is 31.8 Å². The largest absolute Gasteiger partial charge is 0.347 e. The van der Waals surface area contributed by atoms with Crippen molar-refractivity contribution in [3.63, 3.8) is 0 Å². The zero-order valence-corrected chi connectivity index (χ0v) is 15.8. The second kappa shape index (κ2) is 8.52. The monoisotopic (exact) mass is 380 g/mol. The molecule has 1 aliphatic rings. The molecule has 1 fully saturated rings. The molecule has 1 aliphatic heterocycles. The van der Waals surface area contributed by atoms with Crippen LogP contribution in [-0.2, 0) is 11.3 Å². The molecule has 1 amide bonds. The van der Waals surface area contributed by atoms with E-state index < -0.39 is 0 Å². The van der Waals surface area contributed by atoms with Crippen molar-refractivity contribution in [3.05, 3.63) is 66.2 Å². The van der Waals surface area contributed by atoms with Crippen LogP contribution in [0.5, 0.6) is 0 Å². The van der Waals surface area contributed by atoms with Gasteiger partial charge in [-0.3, -0.25) is 4.79 Å². The Morgan fingerprint density at radius 3 is 2.86 bits per heavy atom. The van der Waals surface area contributed by atoms with Gasteiger partial charge >= 0.3 is 0 Å². The molecule has 2 atom stereocenters. The van der Waals surface area contributed by atoms with Gasteiger partial charge in [0.15, 0.2) is 0 Å². The number of aromatic nitrogens is 2. The van der Waals surface area contributed by atoms with Crippen molar-refractivity contribution in [3.8, 4) is 0 Å². The summed E-state index contributed by atoms with van der Waals surface area (Å²) in [5.74, 6) is 0.328. The molecule has 6 heteroatoms. The van der Waals surface area contributed by atoms with Crippen molar-refractivity contribution in [2.24, 2.45) is 5.92 Å². The minimum absolute atomic E-state index is 0.0330. The Morgan fingerprint density at radius 1 is 1.25 bits per heavy atom. The molecular formula is C22H25FN4O. The fourth-order valence-corrected chi connectivity index (χ4v) is 3.84. The van der Waals surface area contributed by atoms with Gasteiger partial charge in [-0.1, -0.05) is 24.3 Å². The van der Waals surface area contributed by atoms with Crippen LogP contribution in [0.2, 0.25) is 0 Å². The Bertz CT molecular complexity index is 931. The van der Waals surface area contributed by atoms with E-state index in [0.717, 1.165) is 42.5 Å². The highest BCUT2D eigenvalue weighted by Crippen LogP contribution is 2.21. The zero-order chi connectivity index (χ0) is 19.3. The van der Waals surface area contributed by atoms with Crippen LogP contribution < -0.4 is 10.6 Å². The average molecular weight is 380 g/mol. The fourth-order valence-electron chi connectivity index (χ4n) is 3.84. The van der Waals surface area contributed by atoms with Gasteiger partial charge in [0, 0.05) is 13.0 Å². The van der Waals surface area contributed by atoms with Gasteiger partial charge in [0.2, 0.25) is 5.91 Å². The summed E-state index contributed by atoms with van der Waals surface area (Å²) in [4.78, 5) is 17.0. The molecule has 0 bridgehead atoms. The zero-order valence-electron chi connectivity index (χ0n) is 15.8. The summed E-state index contributed by atoms with van der Waals surface area (Å²) in [6.45, 7) is 2.58. The van der Waals surface area contributed by atoms with E-state index >= 15 is 0 Å². The summed E-state index contributed by atoms with van der Waals surface area (Å²) >= 11 is 0. The molecule has 2 heterocycles. The van der Waals surface area contributed by atoms with Crippen LogP contribution in [0.25, 0.3) is 11.0 Å². The van der Waals surface area contributed by atoms with Crippen LogP contribution in [0.15, 0.2) is 54.9 Å². The number of hydrogen-bond donors (Lipinski definition) is 2. The maximum absolute atomic E-state index is 13.4. The number of amides is 1. The summed E-state index contributed by atoms with van der Waals surface area (Å²) < 4.78 is 15.4. The molecule has 2 N–H and O–H groups in total. The second-order valence-corrected chi connectivity index (χ2v) is 7.45. The minimum atomic E-state index is -0.282. The summed E-state index contributed by atoms with van der Waals surface area (Å²) in [7, 11) is 0. The second-order valence-electron chi connectivity index (χ2n) is 7.45. The van der Waals surface area contributed by atoms with E-state index in [1.807, 2.05) is 28.8 Å². The number of carbonyl (C=O) groups is 1. The Kier molecular flexibility index (Phi) is 5.67. The predicted molar refractivity (Wildman–Crippen MR) is 107 cm³/mol.